The summed E-state index contributed by atoms with van der Waals surface area (Å²) in [6.07, 6.45) is 0. The van der Waals surface area contributed by atoms with Gasteiger partial charge in [0.05, 0.1) is 9.40 Å². The van der Waals surface area contributed by atoms with Crippen molar-refractivity contribution >= 4 is 27.3 Å². The average Bonchev–Trinajstić information content (AvgIpc) is 2.14. The van der Waals surface area contributed by atoms with Gasteiger partial charge in [0.15, 0.2) is 0 Å². The van der Waals surface area contributed by atoms with Crippen molar-refractivity contribution in [2.75, 3.05) is 18.4 Å². The Kier molecular flexibility index (Phi) is 3.84. The highest BCUT2D eigenvalue weighted by Gasteiger charge is 2.16. The molecule has 0 aliphatic carbocycles. The molecule has 3 N–H and O–H groups in total. The van der Waals surface area contributed by atoms with Crippen LogP contribution >= 0.6 is 15.9 Å². The molecule has 14 heavy (non-hydrogen) atoms. The maximum Gasteiger partial charge on any atom is 0.306 e. The van der Waals surface area contributed by atoms with Crippen LogP contribution in [0, 0.1) is 10.1 Å². The number of nitrogens with one attached hydrogen (secondary N) is 1. The minimum Gasteiger partial charge on any atom is -0.378 e. The third kappa shape index (κ3) is 2.43. The molecule has 5 nitrogen and oxygen atoms in total. The number of nitrogens with two attached hydrogens (primary N) is 1. The number of anilines is 1. The highest BCUT2D eigenvalue weighted by Crippen LogP contribution is 2.32. The van der Waals surface area contributed by atoms with Gasteiger partial charge in [-0.2, -0.15) is 0 Å². The zero-order valence-corrected chi connectivity index (χ0v) is 8.95. The quantitative estimate of drug-likeness (QED) is 0.638. The van der Waals surface area contributed by atoms with E-state index in [2.05, 4.69) is 21.2 Å². The molecule has 0 unspecified atom stereocenters. The van der Waals surface area contributed by atoms with Crippen molar-refractivity contribution in [1.29, 1.82) is 0 Å². The molecule has 0 bridgehead atoms. The standard InChI is InChI=1S/C8H10BrN3O2/c9-6-2-1-3-7(11-5-4-10)8(6)12(13)14/h1-3,11H,4-5,10H2. The summed E-state index contributed by atoms with van der Waals surface area (Å²) in [5.74, 6) is 0. The largest absolute Gasteiger partial charge is 0.378 e. The van der Waals surface area contributed by atoms with Crippen LogP contribution in [0.1, 0.15) is 0 Å². The number of hydrogen-bond acceptors (Lipinski definition) is 4. The first-order valence-electron chi connectivity index (χ1n) is 4.03. The third-order valence-corrected chi connectivity index (χ3v) is 2.27. The lowest BCUT2D eigenvalue weighted by Gasteiger charge is -2.05. The molecule has 0 radical (unpaired) electrons. The molecule has 6 heteroatoms. The Morgan fingerprint density at radius 1 is 1.57 bits per heavy atom. The van der Waals surface area contributed by atoms with Crippen molar-refractivity contribution in [2.24, 2.45) is 5.73 Å². The molecule has 0 fully saturated rings. The molecule has 0 atom stereocenters. The minimum absolute atomic E-state index is 0.0425. The maximum absolute atomic E-state index is 10.7. The van der Waals surface area contributed by atoms with Gasteiger partial charge >= 0.3 is 5.69 Å². The van der Waals surface area contributed by atoms with Crippen LogP contribution < -0.4 is 11.1 Å². The van der Waals surface area contributed by atoms with E-state index in [1.807, 2.05) is 0 Å². The number of nitro benzene ring substituents is 1. The molecule has 0 saturated carbocycles. The summed E-state index contributed by atoms with van der Waals surface area (Å²) in [6.45, 7) is 0.945. The lowest BCUT2D eigenvalue weighted by atomic mass is 10.2. The minimum atomic E-state index is -0.428. The molecular formula is C8H10BrN3O2. The van der Waals surface area contributed by atoms with Gasteiger partial charge in [-0.15, -0.1) is 0 Å². The molecule has 0 aromatic heterocycles. The van der Waals surface area contributed by atoms with Crippen LogP contribution in [0.15, 0.2) is 22.7 Å². The molecule has 0 saturated heterocycles. The summed E-state index contributed by atoms with van der Waals surface area (Å²) < 4.78 is 0.463. The summed E-state index contributed by atoms with van der Waals surface area (Å²) in [7, 11) is 0. The number of hydrogen-bond donors (Lipinski definition) is 2. The van der Waals surface area contributed by atoms with Gasteiger partial charge in [0.25, 0.3) is 0 Å². The Balaban J connectivity index is 3.02. The smallest absolute Gasteiger partial charge is 0.306 e. The highest BCUT2D eigenvalue weighted by molar-refractivity contribution is 9.10. The summed E-state index contributed by atoms with van der Waals surface area (Å²) in [5.41, 5.74) is 5.82. The predicted molar refractivity (Wildman–Crippen MR) is 58.3 cm³/mol. The van der Waals surface area contributed by atoms with Crippen LogP contribution in [0.4, 0.5) is 11.4 Å². The number of benzene rings is 1. The first-order valence-corrected chi connectivity index (χ1v) is 4.83. The zero-order chi connectivity index (χ0) is 10.6. The van der Waals surface area contributed by atoms with Crippen LogP contribution in [-0.4, -0.2) is 18.0 Å². The van der Waals surface area contributed by atoms with Crippen molar-refractivity contribution in [2.45, 2.75) is 0 Å². The molecule has 0 aliphatic rings. The molecule has 0 heterocycles. The van der Waals surface area contributed by atoms with Gasteiger partial charge in [-0.1, -0.05) is 6.07 Å². The first kappa shape index (κ1) is 10.9. The summed E-state index contributed by atoms with van der Waals surface area (Å²) in [6, 6.07) is 5.01. The van der Waals surface area contributed by atoms with E-state index in [0.29, 0.717) is 23.2 Å². The molecule has 1 aromatic rings. The lowest BCUT2D eigenvalue weighted by molar-refractivity contribution is -0.384. The van der Waals surface area contributed by atoms with E-state index in [0.717, 1.165) is 0 Å². The molecule has 1 aromatic carbocycles. The van der Waals surface area contributed by atoms with E-state index in [-0.39, 0.29) is 5.69 Å². The van der Waals surface area contributed by atoms with Crippen LogP contribution in [0.3, 0.4) is 0 Å². The van der Waals surface area contributed by atoms with Crippen LogP contribution in [0.2, 0.25) is 0 Å². The fraction of sp³-hybridized carbons (Fsp3) is 0.250. The Morgan fingerprint density at radius 3 is 2.86 bits per heavy atom. The SMILES string of the molecule is NCCNc1cccc(Br)c1[N+](=O)[O-]. The molecule has 1 rings (SSSR count). The van der Waals surface area contributed by atoms with E-state index in [4.69, 9.17) is 5.73 Å². The van der Waals surface area contributed by atoms with Gasteiger partial charge < -0.3 is 11.1 Å². The van der Waals surface area contributed by atoms with Crippen molar-refractivity contribution in [3.05, 3.63) is 32.8 Å². The number of nitro groups is 1. The number of nitrogens with zero attached hydrogens (tertiary/aromatic N) is 1. The van der Waals surface area contributed by atoms with Gasteiger partial charge in [-0.3, -0.25) is 10.1 Å². The Morgan fingerprint density at radius 2 is 2.29 bits per heavy atom. The highest BCUT2D eigenvalue weighted by atomic mass is 79.9. The fourth-order valence-corrected chi connectivity index (χ4v) is 1.56. The van der Waals surface area contributed by atoms with Crippen LogP contribution in [0.5, 0.6) is 0 Å². The van der Waals surface area contributed by atoms with Gasteiger partial charge in [0.2, 0.25) is 0 Å². The molecular weight excluding hydrogens is 250 g/mol. The number of rotatable bonds is 4. The van der Waals surface area contributed by atoms with Gasteiger partial charge in [-0.05, 0) is 28.1 Å². The molecule has 0 amide bonds. The van der Waals surface area contributed by atoms with Gasteiger partial charge in [0, 0.05) is 13.1 Å². The summed E-state index contributed by atoms with van der Waals surface area (Å²) in [5, 5.41) is 13.6. The Hall–Kier alpha value is -1.14. The fourth-order valence-electron chi connectivity index (χ4n) is 1.05. The zero-order valence-electron chi connectivity index (χ0n) is 7.37. The van der Waals surface area contributed by atoms with Gasteiger partial charge in [-0.25, -0.2) is 0 Å². The monoisotopic (exact) mass is 259 g/mol. The molecule has 76 valence electrons. The number of para-hydroxylation sites is 1. The second kappa shape index (κ2) is 4.92. The van der Waals surface area contributed by atoms with E-state index in [1.54, 1.807) is 18.2 Å². The molecule has 0 spiro atoms. The van der Waals surface area contributed by atoms with Gasteiger partial charge in [0.1, 0.15) is 5.69 Å². The second-order valence-corrected chi connectivity index (χ2v) is 3.46. The lowest BCUT2D eigenvalue weighted by Crippen LogP contribution is -2.14. The average molecular weight is 260 g/mol. The maximum atomic E-state index is 10.7. The second-order valence-electron chi connectivity index (χ2n) is 2.61. The Labute approximate surface area is 89.6 Å². The van der Waals surface area contributed by atoms with E-state index in [1.165, 1.54) is 0 Å². The third-order valence-electron chi connectivity index (χ3n) is 1.63. The van der Waals surface area contributed by atoms with E-state index in [9.17, 15) is 10.1 Å². The van der Waals surface area contributed by atoms with Crippen LogP contribution in [-0.2, 0) is 0 Å². The molecule has 0 aliphatic heterocycles. The van der Waals surface area contributed by atoms with Crippen molar-refractivity contribution < 1.29 is 4.92 Å². The predicted octanol–water partition coefficient (Wildman–Crippen LogP) is 1.73. The summed E-state index contributed by atoms with van der Waals surface area (Å²) >= 11 is 3.13. The van der Waals surface area contributed by atoms with Crippen molar-refractivity contribution in [3.63, 3.8) is 0 Å². The number of halogens is 1. The first-order chi connectivity index (χ1) is 6.66. The van der Waals surface area contributed by atoms with Crippen molar-refractivity contribution in [3.8, 4) is 0 Å². The topological polar surface area (TPSA) is 81.2 Å². The normalized spacial score (nSPS) is 9.86. The van der Waals surface area contributed by atoms with E-state index >= 15 is 0 Å². The van der Waals surface area contributed by atoms with Crippen LogP contribution in [0.25, 0.3) is 0 Å². The van der Waals surface area contributed by atoms with E-state index < -0.39 is 4.92 Å². The summed E-state index contributed by atoms with van der Waals surface area (Å²) in [4.78, 5) is 10.3. The Bertz CT molecular complexity index is 343. The van der Waals surface area contributed by atoms with Crippen molar-refractivity contribution in [1.82, 2.24) is 0 Å².